The predicted octanol–water partition coefficient (Wildman–Crippen LogP) is 7.17. The van der Waals surface area contributed by atoms with Crippen LogP contribution in [-0.4, -0.2) is 107 Å². The van der Waals surface area contributed by atoms with Gasteiger partial charge in [0.2, 0.25) is 24.1 Å². The number of aliphatic hydroxyl groups excluding tert-OH is 1. The average molecular weight is 893 g/mol. The van der Waals surface area contributed by atoms with Crippen molar-refractivity contribution in [3.8, 4) is 23.2 Å². The van der Waals surface area contributed by atoms with Crippen molar-refractivity contribution < 1.29 is 61.3 Å². The van der Waals surface area contributed by atoms with E-state index in [1.807, 2.05) is 33.8 Å². The number of Topliss-reactive ketones (excluding diaryl/α,β-unsaturated/α-hetero) is 1. The summed E-state index contributed by atoms with van der Waals surface area (Å²) in [5.74, 6) is -3.15. The lowest BCUT2D eigenvalue weighted by molar-refractivity contribution is -0.159. The molecule has 4 heterocycles. The van der Waals surface area contributed by atoms with E-state index in [4.69, 9.17) is 32.2 Å². The smallest absolute Gasteiger partial charge is 0.308 e. The van der Waals surface area contributed by atoms with Gasteiger partial charge in [-0.3, -0.25) is 24.0 Å². The molecule has 1 aliphatic heterocycles. The molecular formula is C47H64N4O13. The van der Waals surface area contributed by atoms with Gasteiger partial charge in [-0.2, -0.15) is 0 Å². The zero-order valence-corrected chi connectivity index (χ0v) is 38.5. The molecule has 0 aliphatic carbocycles. The van der Waals surface area contributed by atoms with E-state index in [1.54, 1.807) is 59.5 Å². The summed E-state index contributed by atoms with van der Waals surface area (Å²) in [6.45, 7) is 12.3. The first kappa shape index (κ1) is 51.1. The van der Waals surface area contributed by atoms with Gasteiger partial charge < -0.3 is 42.2 Å². The molecule has 17 heteroatoms. The number of fused-ring (bicyclic) bond motifs is 8. The summed E-state index contributed by atoms with van der Waals surface area (Å²) >= 11 is 0. The number of carbonyl (C=O) groups is 5. The molecule has 0 fully saturated rings. The molecule has 0 aromatic carbocycles. The molecule has 1 aliphatic rings. The highest BCUT2D eigenvalue weighted by molar-refractivity contribution is 5.92. The lowest BCUT2D eigenvalue weighted by Gasteiger charge is -2.34. The summed E-state index contributed by atoms with van der Waals surface area (Å²) in [4.78, 5) is 78.2. The number of carbonyl (C=O) groups excluding carboxylic acids is 5. The Kier molecular flexibility index (Phi) is 19.6. The van der Waals surface area contributed by atoms with Gasteiger partial charge in [-0.25, -0.2) is 15.0 Å². The fourth-order valence-electron chi connectivity index (χ4n) is 7.52. The van der Waals surface area contributed by atoms with Crippen LogP contribution in [0.2, 0.25) is 0 Å². The van der Waals surface area contributed by atoms with Crippen LogP contribution in [0.5, 0.6) is 0 Å². The van der Waals surface area contributed by atoms with Gasteiger partial charge >= 0.3 is 11.9 Å². The van der Waals surface area contributed by atoms with E-state index in [9.17, 15) is 29.1 Å². The van der Waals surface area contributed by atoms with Crippen LogP contribution in [0.15, 0.2) is 62.5 Å². The molecule has 0 spiro atoms. The first-order chi connectivity index (χ1) is 30.4. The molecule has 1 N–H and O–H groups in total. The Bertz CT molecular complexity index is 2080. The Hall–Kier alpha value is -5.52. The van der Waals surface area contributed by atoms with Crippen molar-refractivity contribution in [1.82, 2.24) is 19.9 Å². The topological polar surface area (TPSA) is 224 Å². The molecule has 4 rings (SSSR count). The summed E-state index contributed by atoms with van der Waals surface area (Å²) in [6, 6.07) is 0. The number of hydrogen-bond donors (Lipinski definition) is 1. The van der Waals surface area contributed by atoms with Crippen molar-refractivity contribution >= 4 is 36.0 Å². The monoisotopic (exact) mass is 892 g/mol. The molecule has 11 atom stereocenters. The number of ether oxygens (including phenoxy) is 4. The summed E-state index contributed by atoms with van der Waals surface area (Å²) in [5, 5.41) is 10.9. The number of oxazole rings is 3. The van der Waals surface area contributed by atoms with Crippen LogP contribution in [0.1, 0.15) is 104 Å². The predicted molar refractivity (Wildman–Crippen MR) is 234 cm³/mol. The Labute approximate surface area is 374 Å². The van der Waals surface area contributed by atoms with Crippen molar-refractivity contribution in [2.24, 2.45) is 29.6 Å². The molecule has 3 aromatic rings. The van der Waals surface area contributed by atoms with Gasteiger partial charge in [0.15, 0.2) is 17.2 Å². The van der Waals surface area contributed by atoms with E-state index in [1.165, 1.54) is 36.7 Å². The number of allylic oxidation sites excluding steroid dienone is 1. The Morgan fingerprint density at radius 1 is 0.938 bits per heavy atom. The second kappa shape index (κ2) is 24.5. The van der Waals surface area contributed by atoms with Crippen LogP contribution in [-0.2, 0) is 42.9 Å². The zero-order valence-electron chi connectivity index (χ0n) is 38.5. The van der Waals surface area contributed by atoms with Gasteiger partial charge in [-0.15, -0.1) is 0 Å². The maximum Gasteiger partial charge on any atom is 0.308 e. The van der Waals surface area contributed by atoms with Gasteiger partial charge in [0, 0.05) is 70.9 Å². The van der Waals surface area contributed by atoms with Crippen LogP contribution >= 0.6 is 0 Å². The highest BCUT2D eigenvalue weighted by atomic mass is 16.6. The molecule has 1 amide bonds. The van der Waals surface area contributed by atoms with Crippen molar-refractivity contribution in [3.63, 3.8) is 0 Å². The minimum atomic E-state index is -1.13. The van der Waals surface area contributed by atoms with E-state index in [0.29, 0.717) is 36.3 Å². The summed E-state index contributed by atoms with van der Waals surface area (Å²) in [6.07, 6.45) is 12.0. The summed E-state index contributed by atoms with van der Waals surface area (Å²) < 4.78 is 40.6. The molecular weight excluding hydrogens is 829 g/mol. The van der Waals surface area contributed by atoms with Crippen molar-refractivity contribution in [2.75, 3.05) is 21.3 Å². The summed E-state index contributed by atoms with van der Waals surface area (Å²) in [7, 11) is 4.70. The Balaban J connectivity index is 1.54. The van der Waals surface area contributed by atoms with Crippen molar-refractivity contribution in [3.05, 3.63) is 60.9 Å². The number of aromatic nitrogens is 3. The number of rotatable bonds is 15. The largest absolute Gasteiger partial charge is 0.462 e. The van der Waals surface area contributed by atoms with Crippen molar-refractivity contribution in [1.29, 1.82) is 0 Å². The number of hydrogen-bond acceptors (Lipinski definition) is 16. The zero-order chi connectivity index (χ0) is 47.1. The van der Waals surface area contributed by atoms with Gasteiger partial charge in [0.05, 0.1) is 36.3 Å². The van der Waals surface area contributed by atoms with Crippen LogP contribution in [0.3, 0.4) is 0 Å². The normalized spacial score (nSPS) is 23.9. The lowest BCUT2D eigenvalue weighted by atomic mass is 9.84. The second-order valence-corrected chi connectivity index (χ2v) is 16.8. The minimum Gasteiger partial charge on any atom is -0.462 e. The van der Waals surface area contributed by atoms with Gasteiger partial charge in [-0.05, 0) is 37.3 Å². The van der Waals surface area contributed by atoms with Crippen LogP contribution in [0.4, 0.5) is 0 Å². The Morgan fingerprint density at radius 3 is 2.30 bits per heavy atom. The number of esters is 2. The van der Waals surface area contributed by atoms with E-state index in [0.717, 1.165) is 0 Å². The first-order valence-corrected chi connectivity index (χ1v) is 21.7. The molecule has 64 heavy (non-hydrogen) atoms. The SMILES string of the molecule is CO[C@H]1CC=Cc2nc(co2)-c2nc(co2)-c2nc(co2)[C@@H](C)[C@@H](C)C(=O)C=CC[C@H](O)CC(=O)O[C@@H](C[C@H](OC)[C@@H](C)CCC(=O)[C@H](C)[C@H](OC(C)=O)[C@H](C)C=CN(C)C=O)[C@@H]1C. The molecule has 0 radical (unpaired) electrons. The highest BCUT2D eigenvalue weighted by Gasteiger charge is 2.35. The molecule has 3 aromatic heterocycles. The Morgan fingerprint density at radius 2 is 1.61 bits per heavy atom. The standard InChI is InChI=1S/C47H64N4O13/c1-27(17-18-39(56)31(5)45(63-33(7)53)28(2)19-20-51(8)26-52)41(59-10)22-42-32(6)40(58-9)15-12-16-43-48-36(24-60-43)46-50-37(25-62-46)47-49-35(23-61-47)29(3)30(4)38(55)14-11-13-34(54)21-44(57)64-42/h11-12,14,16,19-20,23-32,34,40-42,45,54H,13,15,17-18,21-22H2,1-10H3/t27-,28+,29-,30+,31-,32+,34-,40-,41-,42-,45+/m0/s1. The number of aliphatic hydroxyl groups is 1. The molecule has 17 nitrogen and oxygen atoms in total. The number of cyclic esters (lactones) is 1. The number of nitrogens with zero attached hydrogens (tertiary/aromatic N) is 4. The van der Waals surface area contributed by atoms with Crippen LogP contribution in [0, 0.1) is 29.6 Å². The maximum atomic E-state index is 13.6. The maximum absolute atomic E-state index is 13.6. The second-order valence-electron chi connectivity index (χ2n) is 16.8. The lowest BCUT2D eigenvalue weighted by Crippen LogP contribution is -2.39. The summed E-state index contributed by atoms with van der Waals surface area (Å²) in [5.41, 5.74) is 1.24. The molecule has 6 bridgehead atoms. The van der Waals surface area contributed by atoms with E-state index >= 15 is 0 Å². The van der Waals surface area contributed by atoms with E-state index < -0.39 is 60.2 Å². The van der Waals surface area contributed by atoms with Gasteiger partial charge in [-0.1, -0.05) is 59.8 Å². The number of methoxy groups -OCH3 is 2. The van der Waals surface area contributed by atoms with Gasteiger partial charge in [0.1, 0.15) is 36.8 Å². The fraction of sp³-hybridized carbons (Fsp3) is 0.574. The molecule has 0 saturated heterocycles. The highest BCUT2D eigenvalue weighted by Crippen LogP contribution is 2.31. The van der Waals surface area contributed by atoms with E-state index in [-0.39, 0.29) is 72.7 Å². The first-order valence-electron chi connectivity index (χ1n) is 21.7. The number of amides is 1. The molecule has 350 valence electrons. The van der Waals surface area contributed by atoms with Gasteiger partial charge in [0.25, 0.3) is 0 Å². The third kappa shape index (κ3) is 14.5. The minimum absolute atomic E-state index is 0.0337. The fourth-order valence-corrected chi connectivity index (χ4v) is 7.52. The van der Waals surface area contributed by atoms with Crippen LogP contribution < -0.4 is 0 Å². The number of ketones is 2. The molecule has 0 saturated carbocycles. The third-order valence-electron chi connectivity index (χ3n) is 12.0. The van der Waals surface area contributed by atoms with Crippen molar-refractivity contribution in [2.45, 2.75) is 123 Å². The van der Waals surface area contributed by atoms with E-state index in [2.05, 4.69) is 15.0 Å². The third-order valence-corrected chi connectivity index (χ3v) is 12.0. The molecule has 0 unspecified atom stereocenters. The van der Waals surface area contributed by atoms with Crippen LogP contribution in [0.25, 0.3) is 29.2 Å². The average Bonchev–Trinajstić information content (AvgIpc) is 4.07. The quantitative estimate of drug-likeness (QED) is 0.118.